The number of esters is 1. The van der Waals surface area contributed by atoms with E-state index in [1.165, 1.54) is 25.3 Å². The summed E-state index contributed by atoms with van der Waals surface area (Å²) in [5.74, 6) is -0.340. The standard InChI is InChI=1S/C14H18FNO3/c1-18-8-13(9-3-4-9)16-12-7-10(14(17)19-2)5-6-11(12)15/h5-7,9,13,16H,3-4,8H2,1-2H3. The van der Waals surface area contributed by atoms with Gasteiger partial charge in [-0.3, -0.25) is 0 Å². The Morgan fingerprint density at radius 3 is 2.79 bits per heavy atom. The van der Waals surface area contributed by atoms with E-state index in [0.717, 1.165) is 12.8 Å². The van der Waals surface area contributed by atoms with Crippen molar-refractivity contribution in [1.29, 1.82) is 0 Å². The molecule has 104 valence electrons. The highest BCUT2D eigenvalue weighted by molar-refractivity contribution is 5.90. The summed E-state index contributed by atoms with van der Waals surface area (Å²) in [5.41, 5.74) is 0.648. The molecule has 4 nitrogen and oxygen atoms in total. The molecule has 2 rings (SSSR count). The summed E-state index contributed by atoms with van der Waals surface area (Å²) in [7, 11) is 2.93. The third-order valence-corrected chi connectivity index (χ3v) is 3.27. The van der Waals surface area contributed by atoms with E-state index in [0.29, 0.717) is 23.8 Å². The van der Waals surface area contributed by atoms with Gasteiger partial charge in [-0.15, -0.1) is 0 Å². The maximum Gasteiger partial charge on any atom is 0.337 e. The molecule has 1 aromatic carbocycles. The van der Waals surface area contributed by atoms with Crippen molar-refractivity contribution >= 4 is 11.7 Å². The molecule has 0 aromatic heterocycles. The molecule has 0 saturated heterocycles. The second-order valence-electron chi connectivity index (χ2n) is 4.73. The first-order chi connectivity index (χ1) is 9.15. The van der Waals surface area contributed by atoms with Crippen molar-refractivity contribution < 1.29 is 18.7 Å². The molecule has 0 radical (unpaired) electrons. The molecule has 0 aliphatic heterocycles. The van der Waals surface area contributed by atoms with E-state index in [-0.39, 0.29) is 11.9 Å². The van der Waals surface area contributed by atoms with Gasteiger partial charge in [0.1, 0.15) is 5.82 Å². The van der Waals surface area contributed by atoms with Gasteiger partial charge in [-0.25, -0.2) is 9.18 Å². The molecule has 1 aliphatic carbocycles. The van der Waals surface area contributed by atoms with Gasteiger partial charge in [0, 0.05) is 7.11 Å². The summed E-state index contributed by atoms with van der Waals surface area (Å²) in [6.45, 7) is 0.520. The number of benzene rings is 1. The molecular weight excluding hydrogens is 249 g/mol. The van der Waals surface area contributed by atoms with Crippen molar-refractivity contribution in [1.82, 2.24) is 0 Å². The largest absolute Gasteiger partial charge is 0.465 e. The van der Waals surface area contributed by atoms with Crippen LogP contribution in [0, 0.1) is 11.7 Å². The highest BCUT2D eigenvalue weighted by atomic mass is 19.1. The summed E-state index contributed by atoms with van der Waals surface area (Å²) in [5, 5.41) is 3.12. The van der Waals surface area contributed by atoms with Crippen molar-refractivity contribution in [2.45, 2.75) is 18.9 Å². The lowest BCUT2D eigenvalue weighted by Gasteiger charge is -2.19. The molecule has 1 unspecified atom stereocenters. The van der Waals surface area contributed by atoms with Crippen molar-refractivity contribution in [2.75, 3.05) is 26.1 Å². The zero-order chi connectivity index (χ0) is 13.8. The molecule has 5 heteroatoms. The summed E-state index contributed by atoms with van der Waals surface area (Å²) in [4.78, 5) is 11.4. The number of halogens is 1. The maximum absolute atomic E-state index is 13.8. The van der Waals surface area contributed by atoms with E-state index in [1.54, 1.807) is 7.11 Å². The molecular formula is C14H18FNO3. The first-order valence-corrected chi connectivity index (χ1v) is 6.29. The van der Waals surface area contributed by atoms with E-state index >= 15 is 0 Å². The van der Waals surface area contributed by atoms with Crippen LogP contribution in [0.5, 0.6) is 0 Å². The average molecular weight is 267 g/mol. The Hall–Kier alpha value is -1.62. The molecule has 19 heavy (non-hydrogen) atoms. The van der Waals surface area contributed by atoms with E-state index in [1.807, 2.05) is 0 Å². The summed E-state index contributed by atoms with van der Waals surface area (Å²) >= 11 is 0. The first kappa shape index (κ1) is 13.8. The van der Waals surface area contributed by atoms with Gasteiger partial charge in [0.2, 0.25) is 0 Å². The number of hydrogen-bond acceptors (Lipinski definition) is 4. The Kier molecular flexibility index (Phi) is 4.37. The van der Waals surface area contributed by atoms with E-state index in [9.17, 15) is 9.18 Å². The van der Waals surface area contributed by atoms with E-state index in [2.05, 4.69) is 10.1 Å². The number of carbonyl (C=O) groups excluding carboxylic acids is 1. The third-order valence-electron chi connectivity index (χ3n) is 3.27. The maximum atomic E-state index is 13.8. The third kappa shape index (κ3) is 3.44. The predicted octanol–water partition coefficient (Wildman–Crippen LogP) is 2.45. The molecule has 0 heterocycles. The molecule has 0 amide bonds. The molecule has 1 atom stereocenters. The molecule has 1 aromatic rings. The lowest BCUT2D eigenvalue weighted by molar-refractivity contribution is 0.0600. The second-order valence-corrected chi connectivity index (χ2v) is 4.73. The van der Waals surface area contributed by atoms with E-state index < -0.39 is 5.97 Å². The average Bonchev–Trinajstić information content (AvgIpc) is 3.24. The van der Waals surface area contributed by atoms with Crippen LogP contribution >= 0.6 is 0 Å². The van der Waals surface area contributed by atoms with Gasteiger partial charge in [0.05, 0.1) is 31.0 Å². The van der Waals surface area contributed by atoms with Crippen LogP contribution in [-0.2, 0) is 9.47 Å². The van der Waals surface area contributed by atoms with Crippen molar-refractivity contribution in [3.05, 3.63) is 29.6 Å². The Morgan fingerprint density at radius 2 is 2.21 bits per heavy atom. The summed E-state index contributed by atoms with van der Waals surface area (Å²) in [6, 6.07) is 4.24. The van der Waals surface area contributed by atoms with Crippen LogP contribution in [0.15, 0.2) is 18.2 Å². The lowest BCUT2D eigenvalue weighted by Crippen LogP contribution is -2.27. The smallest absolute Gasteiger partial charge is 0.337 e. The number of anilines is 1. The molecule has 1 aliphatic rings. The number of rotatable bonds is 6. The first-order valence-electron chi connectivity index (χ1n) is 6.29. The van der Waals surface area contributed by atoms with Crippen LogP contribution in [0.25, 0.3) is 0 Å². The zero-order valence-electron chi connectivity index (χ0n) is 11.1. The normalized spacial score (nSPS) is 15.9. The van der Waals surface area contributed by atoms with Crippen molar-refractivity contribution in [2.24, 2.45) is 5.92 Å². The predicted molar refractivity (Wildman–Crippen MR) is 69.8 cm³/mol. The number of carbonyl (C=O) groups is 1. The quantitative estimate of drug-likeness (QED) is 0.804. The van der Waals surface area contributed by atoms with Gasteiger partial charge in [-0.1, -0.05) is 0 Å². The van der Waals surface area contributed by atoms with Gasteiger partial charge in [0.25, 0.3) is 0 Å². The fraction of sp³-hybridized carbons (Fsp3) is 0.500. The van der Waals surface area contributed by atoms with Gasteiger partial charge in [0.15, 0.2) is 0 Å². The Balaban J connectivity index is 2.15. The molecule has 1 fully saturated rings. The molecule has 1 saturated carbocycles. The Bertz CT molecular complexity index is 460. The summed E-state index contributed by atoms with van der Waals surface area (Å²) in [6.07, 6.45) is 2.25. The van der Waals surface area contributed by atoms with Crippen LogP contribution in [0.3, 0.4) is 0 Å². The highest BCUT2D eigenvalue weighted by Gasteiger charge is 2.31. The molecule has 0 spiro atoms. The van der Waals surface area contributed by atoms with Gasteiger partial charge in [-0.05, 0) is 37.0 Å². The SMILES string of the molecule is COCC(Nc1cc(C(=O)OC)ccc1F)C1CC1. The highest BCUT2D eigenvalue weighted by Crippen LogP contribution is 2.34. The molecule has 0 bridgehead atoms. The van der Waals surface area contributed by atoms with E-state index in [4.69, 9.17) is 4.74 Å². The van der Waals surface area contributed by atoms with Gasteiger partial charge >= 0.3 is 5.97 Å². The number of methoxy groups -OCH3 is 2. The fourth-order valence-corrected chi connectivity index (χ4v) is 2.05. The van der Waals surface area contributed by atoms with Crippen LogP contribution in [0.1, 0.15) is 23.2 Å². The number of hydrogen-bond donors (Lipinski definition) is 1. The minimum atomic E-state index is -0.474. The molecule has 1 N–H and O–H groups in total. The summed E-state index contributed by atoms with van der Waals surface area (Å²) < 4.78 is 23.5. The number of ether oxygens (including phenoxy) is 2. The van der Waals surface area contributed by atoms with Gasteiger partial charge < -0.3 is 14.8 Å². The van der Waals surface area contributed by atoms with Crippen LogP contribution < -0.4 is 5.32 Å². The van der Waals surface area contributed by atoms with Crippen LogP contribution in [0.4, 0.5) is 10.1 Å². The lowest BCUT2D eigenvalue weighted by atomic mass is 10.1. The van der Waals surface area contributed by atoms with Gasteiger partial charge in [-0.2, -0.15) is 0 Å². The Labute approximate surface area is 111 Å². The topological polar surface area (TPSA) is 47.6 Å². The second kappa shape index (κ2) is 6.02. The van der Waals surface area contributed by atoms with Crippen molar-refractivity contribution in [3.8, 4) is 0 Å². The van der Waals surface area contributed by atoms with Crippen molar-refractivity contribution in [3.63, 3.8) is 0 Å². The Morgan fingerprint density at radius 1 is 1.47 bits per heavy atom. The minimum absolute atomic E-state index is 0.0763. The van der Waals surface area contributed by atoms with Crippen LogP contribution in [0.2, 0.25) is 0 Å². The zero-order valence-corrected chi connectivity index (χ0v) is 11.1. The fourth-order valence-electron chi connectivity index (χ4n) is 2.05. The van der Waals surface area contributed by atoms with Crippen LogP contribution in [-0.4, -0.2) is 32.8 Å². The minimum Gasteiger partial charge on any atom is -0.465 e. The number of nitrogens with one attached hydrogen (secondary N) is 1. The monoisotopic (exact) mass is 267 g/mol.